The fraction of sp³-hybridized carbons (Fsp3) is 0.571. The minimum Gasteiger partial charge on any atom is -0.326 e. The summed E-state index contributed by atoms with van der Waals surface area (Å²) < 4.78 is 27.8. The zero-order valence-electron chi connectivity index (χ0n) is 12.3. The van der Waals surface area contributed by atoms with Gasteiger partial charge in [-0.25, -0.2) is 13.1 Å². The lowest BCUT2D eigenvalue weighted by Crippen LogP contribution is -2.48. The first kappa shape index (κ1) is 16.7. The molecule has 21 heavy (non-hydrogen) atoms. The summed E-state index contributed by atoms with van der Waals surface area (Å²) in [6.07, 6.45) is 0.801. The van der Waals surface area contributed by atoms with Crippen LogP contribution in [0.5, 0.6) is 0 Å². The molecular formula is C14H22ClN3O2S. The number of hydrogen-bond donors (Lipinski definition) is 2. The molecule has 118 valence electrons. The van der Waals surface area contributed by atoms with Gasteiger partial charge in [0, 0.05) is 19.1 Å². The molecule has 0 aliphatic carbocycles. The molecule has 2 unspecified atom stereocenters. The van der Waals surface area contributed by atoms with Crippen LogP contribution in [0.3, 0.4) is 0 Å². The fourth-order valence-corrected chi connectivity index (χ4v) is 4.63. The summed E-state index contributed by atoms with van der Waals surface area (Å²) >= 11 is 6.09. The number of rotatable bonds is 4. The number of nitrogens with one attached hydrogen (secondary N) is 1. The van der Waals surface area contributed by atoms with Crippen LogP contribution in [0.2, 0.25) is 5.02 Å². The van der Waals surface area contributed by atoms with Gasteiger partial charge in [-0.2, -0.15) is 0 Å². The zero-order chi connectivity index (χ0) is 15.6. The van der Waals surface area contributed by atoms with Gasteiger partial charge in [0.05, 0.1) is 5.02 Å². The summed E-state index contributed by atoms with van der Waals surface area (Å²) in [5.41, 5.74) is 6.34. The van der Waals surface area contributed by atoms with E-state index in [1.165, 1.54) is 6.07 Å². The summed E-state index contributed by atoms with van der Waals surface area (Å²) in [4.78, 5) is 2.32. The second kappa shape index (κ2) is 6.62. The Morgan fingerprint density at radius 3 is 2.76 bits per heavy atom. The van der Waals surface area contributed by atoms with Crippen molar-refractivity contribution in [3.8, 4) is 0 Å². The Labute approximate surface area is 131 Å². The third kappa shape index (κ3) is 3.96. The Hall–Kier alpha value is -0.660. The van der Waals surface area contributed by atoms with Crippen LogP contribution in [0.15, 0.2) is 23.1 Å². The van der Waals surface area contributed by atoms with Gasteiger partial charge in [-0.1, -0.05) is 24.6 Å². The Bertz CT molecular complexity index is 606. The lowest BCUT2D eigenvalue weighted by Gasteiger charge is -2.35. The molecule has 1 saturated heterocycles. The van der Waals surface area contributed by atoms with Gasteiger partial charge in [0.2, 0.25) is 10.0 Å². The first-order chi connectivity index (χ1) is 9.83. The van der Waals surface area contributed by atoms with Gasteiger partial charge < -0.3 is 10.6 Å². The average Bonchev–Trinajstić information content (AvgIpc) is 2.41. The van der Waals surface area contributed by atoms with Crippen LogP contribution >= 0.6 is 11.6 Å². The third-order valence-corrected chi connectivity index (χ3v) is 5.91. The molecule has 3 N–H and O–H groups in total. The molecule has 0 bridgehead atoms. The number of benzene rings is 1. The van der Waals surface area contributed by atoms with Crippen LogP contribution in [-0.4, -0.2) is 39.5 Å². The molecular weight excluding hydrogens is 310 g/mol. The SMILES string of the molecule is CC1CN(C)CCC1NS(=O)(=O)c1ccc(CN)cc1Cl. The first-order valence-corrected chi connectivity index (χ1v) is 8.89. The van der Waals surface area contributed by atoms with Crippen LogP contribution in [0, 0.1) is 5.92 Å². The Morgan fingerprint density at radius 1 is 1.48 bits per heavy atom. The number of likely N-dealkylation sites (tertiary alicyclic amines) is 1. The van der Waals surface area contributed by atoms with E-state index in [9.17, 15) is 8.42 Å². The van der Waals surface area contributed by atoms with E-state index in [4.69, 9.17) is 17.3 Å². The van der Waals surface area contributed by atoms with Crippen molar-refractivity contribution in [2.45, 2.75) is 30.8 Å². The Morgan fingerprint density at radius 2 is 2.19 bits per heavy atom. The van der Waals surface area contributed by atoms with E-state index in [0.717, 1.165) is 25.1 Å². The first-order valence-electron chi connectivity index (χ1n) is 7.03. The molecule has 7 heteroatoms. The average molecular weight is 332 g/mol. The Kier molecular flexibility index (Phi) is 5.27. The molecule has 1 aromatic carbocycles. The molecule has 0 spiro atoms. The van der Waals surface area contributed by atoms with Crippen molar-refractivity contribution in [3.63, 3.8) is 0 Å². The Balaban J connectivity index is 2.19. The van der Waals surface area contributed by atoms with Gasteiger partial charge in [-0.15, -0.1) is 0 Å². The van der Waals surface area contributed by atoms with Gasteiger partial charge in [0.25, 0.3) is 0 Å². The molecule has 0 saturated carbocycles. The summed E-state index contributed by atoms with van der Waals surface area (Å²) in [6.45, 7) is 4.16. The number of nitrogens with two attached hydrogens (primary N) is 1. The maximum atomic E-state index is 12.5. The minimum atomic E-state index is -3.61. The van der Waals surface area contributed by atoms with Crippen molar-refractivity contribution in [1.82, 2.24) is 9.62 Å². The second-order valence-corrected chi connectivity index (χ2v) is 7.81. The number of sulfonamides is 1. The molecule has 5 nitrogen and oxygen atoms in total. The van der Waals surface area contributed by atoms with Crippen molar-refractivity contribution in [2.75, 3.05) is 20.1 Å². The molecule has 2 rings (SSSR count). The highest BCUT2D eigenvalue weighted by atomic mass is 35.5. The second-order valence-electron chi connectivity index (χ2n) is 5.72. The molecule has 1 aromatic rings. The van der Waals surface area contributed by atoms with E-state index in [-0.39, 0.29) is 21.9 Å². The third-order valence-electron chi connectivity index (χ3n) is 3.94. The summed E-state index contributed by atoms with van der Waals surface area (Å²) in [5.74, 6) is 0.264. The number of piperidine rings is 1. The smallest absolute Gasteiger partial charge is 0.242 e. The van der Waals surface area contributed by atoms with E-state index in [0.29, 0.717) is 6.54 Å². The van der Waals surface area contributed by atoms with Crippen LogP contribution in [0.25, 0.3) is 0 Å². The summed E-state index contributed by atoms with van der Waals surface area (Å²) in [6, 6.07) is 4.76. The largest absolute Gasteiger partial charge is 0.326 e. The van der Waals surface area contributed by atoms with Crippen LogP contribution in [-0.2, 0) is 16.6 Å². The molecule has 0 radical (unpaired) electrons. The topological polar surface area (TPSA) is 75.4 Å². The van der Waals surface area contributed by atoms with E-state index < -0.39 is 10.0 Å². The number of nitrogens with zero attached hydrogens (tertiary/aromatic N) is 1. The highest BCUT2D eigenvalue weighted by molar-refractivity contribution is 7.89. The maximum absolute atomic E-state index is 12.5. The fourth-order valence-electron chi connectivity index (χ4n) is 2.68. The number of halogens is 1. The molecule has 0 amide bonds. The molecule has 1 aliphatic rings. The van der Waals surface area contributed by atoms with Crippen molar-refractivity contribution in [2.24, 2.45) is 11.7 Å². The van der Waals surface area contributed by atoms with Gasteiger partial charge >= 0.3 is 0 Å². The van der Waals surface area contributed by atoms with Gasteiger partial charge in [0.15, 0.2) is 0 Å². The van der Waals surface area contributed by atoms with Crippen molar-refractivity contribution in [1.29, 1.82) is 0 Å². The lowest BCUT2D eigenvalue weighted by atomic mass is 9.95. The van der Waals surface area contributed by atoms with E-state index >= 15 is 0 Å². The summed E-state index contributed by atoms with van der Waals surface area (Å²) in [5, 5.41) is 0.214. The predicted octanol–water partition coefficient (Wildman–Crippen LogP) is 1.42. The molecule has 1 heterocycles. The predicted molar refractivity (Wildman–Crippen MR) is 84.7 cm³/mol. The standard InChI is InChI=1S/C14H22ClN3O2S/c1-10-9-18(2)6-5-13(10)17-21(19,20)14-4-3-11(8-16)7-12(14)15/h3-4,7,10,13,17H,5-6,8-9,16H2,1-2H3. The van der Waals surface area contributed by atoms with Gasteiger partial charge in [-0.3, -0.25) is 0 Å². The highest BCUT2D eigenvalue weighted by Gasteiger charge is 2.29. The van der Waals surface area contributed by atoms with Crippen molar-refractivity contribution in [3.05, 3.63) is 28.8 Å². The lowest BCUT2D eigenvalue weighted by molar-refractivity contribution is 0.188. The van der Waals surface area contributed by atoms with Crippen molar-refractivity contribution < 1.29 is 8.42 Å². The molecule has 0 aromatic heterocycles. The van der Waals surface area contributed by atoms with E-state index in [2.05, 4.69) is 16.5 Å². The summed E-state index contributed by atoms with van der Waals surface area (Å²) in [7, 11) is -1.56. The molecule has 1 fully saturated rings. The van der Waals surface area contributed by atoms with E-state index in [1.807, 2.05) is 7.05 Å². The molecule has 1 aliphatic heterocycles. The normalized spacial score (nSPS) is 24.2. The van der Waals surface area contributed by atoms with Crippen molar-refractivity contribution >= 4 is 21.6 Å². The van der Waals surface area contributed by atoms with Gasteiger partial charge in [-0.05, 0) is 43.6 Å². The number of hydrogen-bond acceptors (Lipinski definition) is 4. The monoisotopic (exact) mass is 331 g/mol. The maximum Gasteiger partial charge on any atom is 0.242 e. The zero-order valence-corrected chi connectivity index (χ0v) is 13.9. The van der Waals surface area contributed by atoms with Crippen LogP contribution < -0.4 is 10.5 Å². The van der Waals surface area contributed by atoms with Gasteiger partial charge in [0.1, 0.15) is 4.90 Å². The van der Waals surface area contributed by atoms with Crippen LogP contribution in [0.1, 0.15) is 18.9 Å². The van der Waals surface area contributed by atoms with E-state index in [1.54, 1.807) is 12.1 Å². The minimum absolute atomic E-state index is 0.0588. The highest BCUT2D eigenvalue weighted by Crippen LogP contribution is 2.24. The molecule has 2 atom stereocenters. The quantitative estimate of drug-likeness (QED) is 0.875. The van der Waals surface area contributed by atoms with Crippen LogP contribution in [0.4, 0.5) is 0 Å².